The van der Waals surface area contributed by atoms with Gasteiger partial charge in [0.2, 0.25) is 0 Å². The fourth-order valence-corrected chi connectivity index (χ4v) is 2.17. The number of thiocarbonyl (C=S) groups is 1. The topological polar surface area (TPSA) is 15.3 Å². The van der Waals surface area contributed by atoms with E-state index in [0.29, 0.717) is 12.0 Å². The second-order valence-corrected chi connectivity index (χ2v) is 3.76. The summed E-state index contributed by atoms with van der Waals surface area (Å²) in [5, 5.41) is 0. The summed E-state index contributed by atoms with van der Waals surface area (Å²) >= 11 is 7.38. The Morgan fingerprint density at radius 3 is 2.60 bits per heavy atom. The second-order valence-electron chi connectivity index (χ2n) is 2.72. The maximum atomic E-state index is 5.19. The molecule has 10 heavy (non-hydrogen) atoms. The highest BCUT2D eigenvalue weighted by molar-refractivity contribution is 14.1. The van der Waals surface area contributed by atoms with Crippen LogP contribution in [-0.4, -0.2) is 29.5 Å². The summed E-state index contributed by atoms with van der Waals surface area (Å²) in [7, 11) is 2.05. The van der Waals surface area contributed by atoms with Crippen molar-refractivity contribution in [3.8, 4) is 0 Å². The highest BCUT2D eigenvalue weighted by atomic mass is 127. The molecule has 58 valence electrons. The number of nitrogens with one attached hydrogen (secondary N) is 1. The summed E-state index contributed by atoms with van der Waals surface area (Å²) in [6, 6.07) is 0.540. The highest BCUT2D eigenvalue weighted by Crippen LogP contribution is 2.18. The van der Waals surface area contributed by atoms with E-state index in [2.05, 4.69) is 38.2 Å². The third kappa shape index (κ3) is 1.43. The van der Waals surface area contributed by atoms with Crippen molar-refractivity contribution >= 4 is 40.1 Å². The molecule has 2 nitrogen and oxygen atoms in total. The van der Waals surface area contributed by atoms with Gasteiger partial charge in [-0.3, -0.25) is 3.53 Å². The van der Waals surface area contributed by atoms with Crippen molar-refractivity contribution in [1.82, 2.24) is 8.43 Å². The van der Waals surface area contributed by atoms with Gasteiger partial charge in [-0.25, -0.2) is 0 Å². The van der Waals surface area contributed by atoms with Crippen LogP contribution in [0.4, 0.5) is 0 Å². The fourth-order valence-electron chi connectivity index (χ4n) is 1.19. The molecule has 1 N–H and O–H groups in total. The van der Waals surface area contributed by atoms with Crippen LogP contribution in [0.25, 0.3) is 0 Å². The van der Waals surface area contributed by atoms with Crippen LogP contribution < -0.4 is 3.53 Å². The smallest absolute Gasteiger partial charge is 0.0822 e. The van der Waals surface area contributed by atoms with Crippen LogP contribution in [-0.2, 0) is 0 Å². The normalized spacial score (nSPS) is 33.5. The second kappa shape index (κ2) is 3.32. The van der Waals surface area contributed by atoms with Crippen LogP contribution in [0, 0.1) is 5.92 Å². The molecule has 0 radical (unpaired) electrons. The maximum Gasteiger partial charge on any atom is 0.0822 e. The molecule has 0 spiro atoms. The lowest BCUT2D eigenvalue weighted by atomic mass is 10.1. The Morgan fingerprint density at radius 2 is 2.40 bits per heavy atom. The van der Waals surface area contributed by atoms with Crippen LogP contribution in [0.1, 0.15) is 6.92 Å². The number of nitrogens with zero attached hydrogens (tertiary/aromatic N) is 1. The van der Waals surface area contributed by atoms with E-state index in [-0.39, 0.29) is 0 Å². The van der Waals surface area contributed by atoms with Crippen LogP contribution >= 0.6 is 35.1 Å². The Balaban J connectivity index is 2.61. The van der Waals surface area contributed by atoms with Crippen LogP contribution in [0.15, 0.2) is 0 Å². The Hall–Kier alpha value is 0.580. The van der Waals surface area contributed by atoms with Gasteiger partial charge >= 0.3 is 0 Å². The zero-order valence-electron chi connectivity index (χ0n) is 6.10. The molecule has 1 aliphatic heterocycles. The Labute approximate surface area is 80.8 Å². The zero-order valence-corrected chi connectivity index (χ0v) is 9.07. The third-order valence-electron chi connectivity index (χ3n) is 1.98. The number of likely N-dealkylation sites (N-methyl/N-ethyl adjacent to an activating group) is 1. The van der Waals surface area contributed by atoms with Gasteiger partial charge in [-0.15, -0.1) is 0 Å². The van der Waals surface area contributed by atoms with Crippen LogP contribution in [0.2, 0.25) is 0 Å². The van der Waals surface area contributed by atoms with Crippen molar-refractivity contribution in [1.29, 1.82) is 0 Å². The minimum Gasteiger partial charge on any atom is -0.367 e. The monoisotopic (exact) mass is 270 g/mol. The first kappa shape index (κ1) is 8.67. The number of hydrogen-bond acceptors (Lipinski definition) is 2. The van der Waals surface area contributed by atoms with Crippen molar-refractivity contribution in [3.63, 3.8) is 0 Å². The lowest BCUT2D eigenvalue weighted by Crippen LogP contribution is -2.27. The molecule has 1 aliphatic rings. The lowest BCUT2D eigenvalue weighted by Gasteiger charge is -2.08. The average Bonchev–Trinajstić information content (AvgIpc) is 2.17. The first-order valence-electron chi connectivity index (χ1n) is 3.28. The van der Waals surface area contributed by atoms with E-state index in [1.807, 2.05) is 7.05 Å². The van der Waals surface area contributed by atoms with Crippen LogP contribution in [0.5, 0.6) is 0 Å². The molecular weight excluding hydrogens is 259 g/mol. The van der Waals surface area contributed by atoms with Gasteiger partial charge in [-0.05, 0) is 0 Å². The summed E-state index contributed by atoms with van der Waals surface area (Å²) < 4.78 is 3.22. The van der Waals surface area contributed by atoms with E-state index < -0.39 is 0 Å². The molecule has 0 amide bonds. The lowest BCUT2D eigenvalue weighted by molar-refractivity contribution is 0.496. The molecule has 1 saturated heterocycles. The maximum absolute atomic E-state index is 5.19. The summed E-state index contributed by atoms with van der Waals surface area (Å²) in [5.41, 5.74) is 0. The van der Waals surface area contributed by atoms with Gasteiger partial charge in [0.25, 0.3) is 0 Å². The summed E-state index contributed by atoms with van der Waals surface area (Å²) in [6.45, 7) is 3.21. The molecule has 4 heteroatoms. The molecule has 2 unspecified atom stereocenters. The number of halogens is 1. The predicted molar refractivity (Wildman–Crippen MR) is 55.3 cm³/mol. The molecule has 0 aromatic rings. The molecule has 1 heterocycles. The van der Waals surface area contributed by atoms with Crippen molar-refractivity contribution in [2.45, 2.75) is 13.0 Å². The highest BCUT2D eigenvalue weighted by Gasteiger charge is 2.30. The average molecular weight is 270 g/mol. The van der Waals surface area contributed by atoms with Gasteiger partial charge < -0.3 is 4.90 Å². The molecule has 0 bridgehead atoms. The van der Waals surface area contributed by atoms with Gasteiger partial charge in [0.15, 0.2) is 0 Å². The first-order chi connectivity index (χ1) is 4.66. The van der Waals surface area contributed by atoms with Gasteiger partial charge in [0, 0.05) is 48.4 Å². The summed E-state index contributed by atoms with van der Waals surface area (Å²) in [5.74, 6) is 0.511. The number of likely N-dealkylation sites (tertiary alicyclic amines) is 1. The summed E-state index contributed by atoms with van der Waals surface area (Å²) in [6.07, 6.45) is 0. The van der Waals surface area contributed by atoms with Crippen molar-refractivity contribution in [2.24, 2.45) is 5.92 Å². The van der Waals surface area contributed by atoms with E-state index in [1.165, 1.54) is 0 Å². The Bertz CT molecular complexity index is 151. The standard InChI is InChI=1S/C6H11IN2S/c1-4-5(8-7)3-9(2)6(4)10/h4-5,8H,3H2,1-2H3. The number of hydrogen-bond donors (Lipinski definition) is 1. The molecule has 2 atom stereocenters. The minimum atomic E-state index is 0.511. The Kier molecular flexibility index (Phi) is 2.88. The molecule has 0 aromatic heterocycles. The molecule has 1 fully saturated rings. The van der Waals surface area contributed by atoms with Gasteiger partial charge in [-0.2, -0.15) is 0 Å². The Morgan fingerprint density at radius 1 is 1.80 bits per heavy atom. The zero-order chi connectivity index (χ0) is 7.72. The fraction of sp³-hybridized carbons (Fsp3) is 0.833. The van der Waals surface area contributed by atoms with E-state index in [0.717, 1.165) is 11.5 Å². The molecule has 0 aliphatic carbocycles. The van der Waals surface area contributed by atoms with Crippen molar-refractivity contribution in [2.75, 3.05) is 13.6 Å². The van der Waals surface area contributed by atoms with Gasteiger partial charge in [0.05, 0.1) is 4.99 Å². The van der Waals surface area contributed by atoms with E-state index in [4.69, 9.17) is 12.2 Å². The van der Waals surface area contributed by atoms with E-state index in [1.54, 1.807) is 0 Å². The van der Waals surface area contributed by atoms with Gasteiger partial charge in [0.1, 0.15) is 0 Å². The quantitative estimate of drug-likeness (QED) is 0.438. The van der Waals surface area contributed by atoms with E-state index >= 15 is 0 Å². The SMILES string of the molecule is CC1C(=S)N(C)CC1NI. The molecule has 0 aromatic carbocycles. The predicted octanol–water partition coefficient (Wildman–Crippen LogP) is 1.20. The third-order valence-corrected chi connectivity index (χ3v) is 3.46. The van der Waals surface area contributed by atoms with Crippen molar-refractivity contribution in [3.05, 3.63) is 0 Å². The first-order valence-corrected chi connectivity index (χ1v) is 4.76. The van der Waals surface area contributed by atoms with Crippen LogP contribution in [0.3, 0.4) is 0 Å². The molecule has 1 rings (SSSR count). The van der Waals surface area contributed by atoms with Gasteiger partial charge in [-0.1, -0.05) is 19.1 Å². The van der Waals surface area contributed by atoms with Crippen molar-refractivity contribution < 1.29 is 0 Å². The van der Waals surface area contributed by atoms with E-state index in [9.17, 15) is 0 Å². The number of rotatable bonds is 1. The summed E-state index contributed by atoms with van der Waals surface area (Å²) in [4.78, 5) is 3.21. The minimum absolute atomic E-state index is 0.511. The molecular formula is C6H11IN2S. The molecule has 0 saturated carbocycles. The largest absolute Gasteiger partial charge is 0.367 e.